The van der Waals surface area contributed by atoms with Gasteiger partial charge in [0.25, 0.3) is 6.43 Å². The number of halogens is 2. The Hall–Kier alpha value is -0.790. The van der Waals surface area contributed by atoms with Crippen LogP contribution in [0.1, 0.15) is 6.92 Å². The molecule has 5 nitrogen and oxygen atoms in total. The Morgan fingerprint density at radius 2 is 2.18 bits per heavy atom. The van der Waals surface area contributed by atoms with Crippen LogP contribution in [0.5, 0.6) is 0 Å². The van der Waals surface area contributed by atoms with Gasteiger partial charge in [-0.3, -0.25) is 9.69 Å². The number of carbonyl (C=O) groups excluding carboxylic acids is 1. The molecule has 0 saturated heterocycles. The molecular weight excluding hydrogens is 232 g/mol. The molecule has 3 N–H and O–H groups in total. The van der Waals surface area contributed by atoms with Gasteiger partial charge in [-0.25, -0.2) is 8.78 Å². The molecule has 0 radical (unpaired) electrons. The quantitative estimate of drug-likeness (QED) is 0.590. The highest BCUT2D eigenvalue weighted by atomic mass is 19.3. The number of carbonyl (C=O) groups is 1. The van der Waals surface area contributed by atoms with Gasteiger partial charge >= 0.3 is 0 Å². The zero-order chi connectivity index (χ0) is 13.3. The first-order valence-electron chi connectivity index (χ1n) is 5.48. The topological polar surface area (TPSA) is 67.6 Å². The molecule has 17 heavy (non-hydrogen) atoms. The van der Waals surface area contributed by atoms with Crippen LogP contribution in [0.25, 0.3) is 0 Å². The van der Waals surface area contributed by atoms with E-state index in [1.165, 1.54) is 12.0 Å². The van der Waals surface area contributed by atoms with Crippen molar-refractivity contribution in [2.24, 2.45) is 5.73 Å². The van der Waals surface area contributed by atoms with Crippen molar-refractivity contribution in [3.8, 4) is 0 Å². The van der Waals surface area contributed by atoms with Crippen molar-refractivity contribution < 1.29 is 18.3 Å². The van der Waals surface area contributed by atoms with Gasteiger partial charge in [0.05, 0.1) is 19.7 Å². The normalized spacial score (nSPS) is 13.1. The third-order valence-corrected chi connectivity index (χ3v) is 2.03. The van der Waals surface area contributed by atoms with Gasteiger partial charge in [-0.05, 0) is 6.92 Å². The molecule has 0 aromatic carbocycles. The molecule has 0 aromatic heterocycles. The summed E-state index contributed by atoms with van der Waals surface area (Å²) in [6.07, 6.45) is -2.47. The molecule has 0 aliphatic rings. The lowest BCUT2D eigenvalue weighted by Gasteiger charge is -2.21. The summed E-state index contributed by atoms with van der Waals surface area (Å²) in [6.45, 7) is 2.17. The zero-order valence-electron chi connectivity index (χ0n) is 10.3. The number of hydrogen-bond donors (Lipinski definition) is 2. The fourth-order valence-electron chi connectivity index (χ4n) is 1.43. The second-order valence-electron chi connectivity index (χ2n) is 3.84. The summed E-state index contributed by atoms with van der Waals surface area (Å²) in [6, 6.07) is -0.140. The summed E-state index contributed by atoms with van der Waals surface area (Å²) in [5.41, 5.74) is 5.29. The number of ether oxygens (including phenoxy) is 1. The monoisotopic (exact) mass is 253 g/mol. The molecule has 0 fully saturated rings. The number of rotatable bonds is 9. The van der Waals surface area contributed by atoms with E-state index < -0.39 is 13.0 Å². The lowest BCUT2D eigenvalue weighted by molar-refractivity contribution is -0.123. The van der Waals surface area contributed by atoms with Crippen molar-refractivity contribution in [1.29, 1.82) is 0 Å². The lowest BCUT2D eigenvalue weighted by Crippen LogP contribution is -2.45. The van der Waals surface area contributed by atoms with Gasteiger partial charge < -0.3 is 15.8 Å². The molecule has 0 rings (SSSR count). The summed E-state index contributed by atoms with van der Waals surface area (Å²) in [5.74, 6) is -0.302. The Balaban J connectivity index is 4.02. The van der Waals surface area contributed by atoms with Gasteiger partial charge in [0.15, 0.2) is 0 Å². The second-order valence-corrected chi connectivity index (χ2v) is 3.84. The van der Waals surface area contributed by atoms with Crippen LogP contribution in [0, 0.1) is 0 Å². The molecule has 102 valence electrons. The fourth-order valence-corrected chi connectivity index (χ4v) is 1.43. The molecule has 1 amide bonds. The van der Waals surface area contributed by atoms with Gasteiger partial charge in [0.2, 0.25) is 5.91 Å². The standard InChI is InChI=1S/C10H21F2N3O2/c1-8(7-17-2)14-10(16)6-15(4-3-13)5-9(11)12/h8-9H,3-7,13H2,1-2H3,(H,14,16). The smallest absolute Gasteiger partial charge is 0.251 e. The maximum absolute atomic E-state index is 12.2. The van der Waals surface area contributed by atoms with Gasteiger partial charge in [0, 0.05) is 26.2 Å². The molecule has 0 bridgehead atoms. The Morgan fingerprint density at radius 3 is 2.65 bits per heavy atom. The van der Waals surface area contributed by atoms with Gasteiger partial charge in [-0.2, -0.15) is 0 Å². The Kier molecular flexibility index (Phi) is 8.83. The number of methoxy groups -OCH3 is 1. The van der Waals surface area contributed by atoms with Crippen LogP contribution in [0.3, 0.4) is 0 Å². The van der Waals surface area contributed by atoms with E-state index >= 15 is 0 Å². The van der Waals surface area contributed by atoms with Crippen molar-refractivity contribution in [3.63, 3.8) is 0 Å². The van der Waals surface area contributed by atoms with Gasteiger partial charge in [0.1, 0.15) is 0 Å². The predicted octanol–water partition coefficient (Wildman–Crippen LogP) is -0.337. The first-order chi connectivity index (χ1) is 7.99. The minimum Gasteiger partial charge on any atom is -0.383 e. The highest BCUT2D eigenvalue weighted by Crippen LogP contribution is 1.97. The maximum Gasteiger partial charge on any atom is 0.251 e. The predicted molar refractivity (Wildman–Crippen MR) is 61.0 cm³/mol. The first kappa shape index (κ1) is 16.2. The number of alkyl halides is 2. The van der Waals surface area contributed by atoms with E-state index in [-0.39, 0.29) is 31.6 Å². The van der Waals surface area contributed by atoms with Gasteiger partial charge in [-0.1, -0.05) is 0 Å². The van der Waals surface area contributed by atoms with E-state index in [0.29, 0.717) is 6.61 Å². The number of hydrogen-bond acceptors (Lipinski definition) is 4. The summed E-state index contributed by atoms with van der Waals surface area (Å²) in [4.78, 5) is 12.8. The third kappa shape index (κ3) is 8.96. The van der Waals surface area contributed by atoms with Crippen molar-refractivity contribution in [2.45, 2.75) is 19.4 Å². The van der Waals surface area contributed by atoms with Crippen LogP contribution in [0.4, 0.5) is 8.78 Å². The second kappa shape index (κ2) is 9.26. The number of amides is 1. The van der Waals surface area contributed by atoms with E-state index in [1.807, 2.05) is 0 Å². The van der Waals surface area contributed by atoms with Gasteiger partial charge in [-0.15, -0.1) is 0 Å². The average molecular weight is 253 g/mol. The summed E-state index contributed by atoms with van der Waals surface area (Å²) < 4.78 is 29.3. The van der Waals surface area contributed by atoms with Crippen LogP contribution in [0.2, 0.25) is 0 Å². The molecule has 0 spiro atoms. The molecule has 1 atom stereocenters. The van der Waals surface area contributed by atoms with E-state index in [4.69, 9.17) is 10.5 Å². The molecule has 0 aliphatic carbocycles. The molecule has 1 unspecified atom stereocenters. The molecule has 0 saturated carbocycles. The molecule has 7 heteroatoms. The SMILES string of the molecule is COCC(C)NC(=O)CN(CCN)CC(F)F. The van der Waals surface area contributed by atoms with E-state index in [0.717, 1.165) is 0 Å². The highest BCUT2D eigenvalue weighted by Gasteiger charge is 2.15. The molecule has 0 heterocycles. The van der Waals surface area contributed by atoms with E-state index in [1.54, 1.807) is 6.92 Å². The molecule has 0 aromatic rings. The van der Waals surface area contributed by atoms with Crippen LogP contribution < -0.4 is 11.1 Å². The first-order valence-corrected chi connectivity index (χ1v) is 5.48. The van der Waals surface area contributed by atoms with Crippen LogP contribution >= 0.6 is 0 Å². The third-order valence-electron chi connectivity index (χ3n) is 2.03. The fraction of sp³-hybridized carbons (Fsp3) is 0.900. The Bertz CT molecular complexity index is 218. The average Bonchev–Trinajstić information content (AvgIpc) is 2.16. The van der Waals surface area contributed by atoms with E-state index in [2.05, 4.69) is 5.32 Å². The van der Waals surface area contributed by atoms with Crippen molar-refractivity contribution in [3.05, 3.63) is 0 Å². The van der Waals surface area contributed by atoms with Crippen LogP contribution in [-0.4, -0.2) is 63.2 Å². The van der Waals surface area contributed by atoms with Crippen molar-refractivity contribution in [1.82, 2.24) is 10.2 Å². The number of nitrogens with one attached hydrogen (secondary N) is 1. The number of nitrogens with zero attached hydrogens (tertiary/aromatic N) is 1. The van der Waals surface area contributed by atoms with Crippen LogP contribution in [-0.2, 0) is 9.53 Å². The minimum atomic E-state index is -2.47. The zero-order valence-corrected chi connectivity index (χ0v) is 10.3. The summed E-state index contributed by atoms with van der Waals surface area (Å²) in [5, 5.41) is 2.65. The number of nitrogens with two attached hydrogens (primary N) is 1. The minimum absolute atomic E-state index is 0.0738. The maximum atomic E-state index is 12.2. The van der Waals surface area contributed by atoms with Crippen molar-refractivity contribution >= 4 is 5.91 Å². The summed E-state index contributed by atoms with van der Waals surface area (Å²) in [7, 11) is 1.53. The van der Waals surface area contributed by atoms with E-state index in [9.17, 15) is 13.6 Å². The van der Waals surface area contributed by atoms with Crippen molar-refractivity contribution in [2.75, 3.05) is 39.9 Å². The Labute approximate surface area is 100 Å². The molecular formula is C10H21F2N3O2. The lowest BCUT2D eigenvalue weighted by atomic mass is 10.3. The largest absolute Gasteiger partial charge is 0.383 e. The molecule has 0 aliphatic heterocycles. The highest BCUT2D eigenvalue weighted by molar-refractivity contribution is 5.78. The summed E-state index contributed by atoms with van der Waals surface area (Å²) >= 11 is 0. The Morgan fingerprint density at radius 1 is 1.53 bits per heavy atom. The van der Waals surface area contributed by atoms with Crippen LogP contribution in [0.15, 0.2) is 0 Å².